The number of halogens is 4. The number of amides is 1. The molecule has 0 aliphatic carbocycles. The number of hydrazone groups is 1. The van der Waals surface area contributed by atoms with E-state index in [0.29, 0.717) is 36.1 Å². The second kappa shape index (κ2) is 11.0. The summed E-state index contributed by atoms with van der Waals surface area (Å²) >= 11 is 19.0. The Labute approximate surface area is 211 Å². The van der Waals surface area contributed by atoms with E-state index in [-0.39, 0.29) is 17.9 Å². The molecule has 0 bridgehead atoms. The molecule has 0 saturated carbocycles. The molecular formula is C22H16Br2Cl2N2O4. The number of hydrogen-bond acceptors (Lipinski definition) is 5. The average Bonchev–Trinajstić information content (AvgIpc) is 2.78. The highest BCUT2D eigenvalue weighted by Crippen LogP contribution is 2.42. The van der Waals surface area contributed by atoms with Crippen LogP contribution in [0.1, 0.15) is 21.5 Å². The molecule has 0 aromatic heterocycles. The first-order valence-electron chi connectivity index (χ1n) is 9.06. The maximum atomic E-state index is 12.2. The number of aromatic hydroxyl groups is 1. The Bertz CT molecular complexity index is 1190. The van der Waals surface area contributed by atoms with Gasteiger partial charge in [-0.3, -0.25) is 4.79 Å². The van der Waals surface area contributed by atoms with E-state index in [1.165, 1.54) is 25.5 Å². The lowest BCUT2D eigenvalue weighted by Crippen LogP contribution is -2.17. The van der Waals surface area contributed by atoms with Crippen molar-refractivity contribution in [1.82, 2.24) is 5.43 Å². The molecule has 1 amide bonds. The Morgan fingerprint density at radius 2 is 1.88 bits per heavy atom. The van der Waals surface area contributed by atoms with Crippen LogP contribution in [0.2, 0.25) is 10.0 Å². The highest BCUT2D eigenvalue weighted by molar-refractivity contribution is 9.13. The first-order chi connectivity index (χ1) is 15.3. The van der Waals surface area contributed by atoms with Crippen molar-refractivity contribution in [2.24, 2.45) is 5.10 Å². The fourth-order valence-electron chi connectivity index (χ4n) is 2.66. The lowest BCUT2D eigenvalue weighted by molar-refractivity contribution is 0.0952. The summed E-state index contributed by atoms with van der Waals surface area (Å²) < 4.78 is 12.6. The van der Waals surface area contributed by atoms with Crippen molar-refractivity contribution >= 4 is 67.2 Å². The maximum absolute atomic E-state index is 12.2. The molecule has 166 valence electrons. The number of phenolic OH excluding ortho intramolecular Hbond substituents is 1. The number of carbonyl (C=O) groups excluding carboxylic acids is 1. The Morgan fingerprint density at radius 1 is 1.12 bits per heavy atom. The van der Waals surface area contributed by atoms with E-state index in [0.717, 1.165) is 5.56 Å². The molecule has 6 nitrogen and oxygen atoms in total. The molecule has 0 heterocycles. The van der Waals surface area contributed by atoms with Crippen LogP contribution in [-0.2, 0) is 6.61 Å². The van der Waals surface area contributed by atoms with Crippen LogP contribution in [-0.4, -0.2) is 24.3 Å². The van der Waals surface area contributed by atoms with Crippen LogP contribution in [0.15, 0.2) is 62.6 Å². The van der Waals surface area contributed by atoms with Crippen LogP contribution < -0.4 is 14.9 Å². The Balaban J connectivity index is 1.77. The third-order valence-corrected chi connectivity index (χ3v) is 7.14. The third-order valence-electron chi connectivity index (χ3n) is 4.26. The van der Waals surface area contributed by atoms with Gasteiger partial charge >= 0.3 is 0 Å². The van der Waals surface area contributed by atoms with Crippen LogP contribution >= 0.6 is 55.1 Å². The normalized spacial score (nSPS) is 10.9. The number of rotatable bonds is 7. The van der Waals surface area contributed by atoms with Crippen LogP contribution in [0.4, 0.5) is 0 Å². The van der Waals surface area contributed by atoms with Gasteiger partial charge in [-0.2, -0.15) is 5.10 Å². The van der Waals surface area contributed by atoms with Crippen molar-refractivity contribution < 1.29 is 19.4 Å². The van der Waals surface area contributed by atoms with Crippen molar-refractivity contribution in [3.8, 4) is 17.2 Å². The molecule has 0 atom stereocenters. The van der Waals surface area contributed by atoms with E-state index in [9.17, 15) is 9.90 Å². The standard InChI is InChI=1S/C22H16Br2Cl2N2O4/c1-31-18-9-13(10-27-28-22(30)14-4-2-3-5-17(14)29)19(23)20(24)21(18)32-11-12-6-7-15(25)16(26)8-12/h2-10,29H,11H2,1H3,(H,28,30)/b27-10+. The lowest BCUT2D eigenvalue weighted by Gasteiger charge is -2.15. The van der Waals surface area contributed by atoms with E-state index < -0.39 is 5.91 Å². The predicted molar refractivity (Wildman–Crippen MR) is 132 cm³/mol. The van der Waals surface area contributed by atoms with Gasteiger partial charge in [-0.05, 0) is 67.8 Å². The molecule has 0 spiro atoms. The second-order valence-corrected chi connectivity index (χ2v) is 8.78. The van der Waals surface area contributed by atoms with Gasteiger partial charge in [-0.1, -0.05) is 41.4 Å². The van der Waals surface area contributed by atoms with E-state index in [1.807, 2.05) is 6.07 Å². The lowest BCUT2D eigenvalue weighted by atomic mass is 10.2. The van der Waals surface area contributed by atoms with E-state index in [4.69, 9.17) is 32.7 Å². The molecule has 2 N–H and O–H groups in total. The summed E-state index contributed by atoms with van der Waals surface area (Å²) in [6.45, 7) is 0.238. The quantitative estimate of drug-likeness (QED) is 0.237. The zero-order valence-corrected chi connectivity index (χ0v) is 21.2. The number of ether oxygens (including phenoxy) is 2. The first-order valence-corrected chi connectivity index (χ1v) is 11.4. The first kappa shape index (κ1) is 24.4. The number of methoxy groups -OCH3 is 1. The molecule has 0 saturated heterocycles. The largest absolute Gasteiger partial charge is 0.507 e. The molecule has 0 aliphatic heterocycles. The highest BCUT2D eigenvalue weighted by Gasteiger charge is 2.17. The van der Waals surface area contributed by atoms with Crippen LogP contribution in [0.25, 0.3) is 0 Å². The highest BCUT2D eigenvalue weighted by atomic mass is 79.9. The number of phenols is 1. The van der Waals surface area contributed by atoms with Gasteiger partial charge in [0.15, 0.2) is 11.5 Å². The van der Waals surface area contributed by atoms with Gasteiger partial charge in [-0.15, -0.1) is 0 Å². The second-order valence-electron chi connectivity index (χ2n) is 6.38. The van der Waals surface area contributed by atoms with Crippen LogP contribution in [0.5, 0.6) is 17.2 Å². The monoisotopic (exact) mass is 600 g/mol. The number of benzene rings is 3. The maximum Gasteiger partial charge on any atom is 0.275 e. The molecule has 0 aliphatic rings. The number of nitrogens with zero attached hydrogens (tertiary/aromatic N) is 1. The van der Waals surface area contributed by atoms with Crippen molar-refractivity contribution in [3.05, 3.63) is 84.2 Å². The summed E-state index contributed by atoms with van der Waals surface area (Å²) in [6, 6.07) is 13.1. The van der Waals surface area contributed by atoms with Crippen molar-refractivity contribution in [3.63, 3.8) is 0 Å². The van der Waals surface area contributed by atoms with E-state index >= 15 is 0 Å². The molecular weight excluding hydrogens is 587 g/mol. The molecule has 10 heteroatoms. The fourth-order valence-corrected chi connectivity index (χ4v) is 3.91. The van der Waals surface area contributed by atoms with Crippen molar-refractivity contribution in [1.29, 1.82) is 0 Å². The molecule has 0 radical (unpaired) electrons. The minimum Gasteiger partial charge on any atom is -0.507 e. The molecule has 0 fully saturated rings. The summed E-state index contributed by atoms with van der Waals surface area (Å²) in [5, 5.41) is 14.6. The third kappa shape index (κ3) is 5.75. The number of para-hydroxylation sites is 1. The van der Waals surface area contributed by atoms with Gasteiger partial charge in [0.05, 0.1) is 33.4 Å². The fraction of sp³-hybridized carbons (Fsp3) is 0.0909. The van der Waals surface area contributed by atoms with Crippen molar-refractivity contribution in [2.75, 3.05) is 7.11 Å². The topological polar surface area (TPSA) is 80.2 Å². The summed E-state index contributed by atoms with van der Waals surface area (Å²) in [6.07, 6.45) is 1.44. The van der Waals surface area contributed by atoms with Gasteiger partial charge in [-0.25, -0.2) is 5.43 Å². The Kier molecular flexibility index (Phi) is 8.42. The minimum atomic E-state index is -0.539. The summed E-state index contributed by atoms with van der Waals surface area (Å²) in [4.78, 5) is 12.2. The van der Waals surface area contributed by atoms with Crippen LogP contribution in [0.3, 0.4) is 0 Å². The van der Waals surface area contributed by atoms with Gasteiger partial charge in [0.25, 0.3) is 5.91 Å². The molecule has 3 aromatic carbocycles. The van der Waals surface area contributed by atoms with E-state index in [2.05, 4.69) is 42.4 Å². The minimum absolute atomic E-state index is 0.119. The number of carbonyl (C=O) groups is 1. The van der Waals surface area contributed by atoms with Gasteiger partial charge in [0.2, 0.25) is 0 Å². The average molecular weight is 603 g/mol. The summed E-state index contributed by atoms with van der Waals surface area (Å²) in [5.74, 6) is 0.256. The summed E-state index contributed by atoms with van der Waals surface area (Å²) in [5.41, 5.74) is 3.96. The predicted octanol–water partition coefficient (Wildman–Crippen LogP) is 6.58. The number of hydrogen-bond donors (Lipinski definition) is 2. The SMILES string of the molecule is COc1cc(/C=N/NC(=O)c2ccccc2O)c(Br)c(Br)c1OCc1ccc(Cl)c(Cl)c1. The van der Waals surface area contributed by atoms with Crippen molar-refractivity contribution in [2.45, 2.75) is 6.61 Å². The Morgan fingerprint density at radius 3 is 2.56 bits per heavy atom. The van der Waals surface area contributed by atoms with Gasteiger partial charge in [0, 0.05) is 10.0 Å². The summed E-state index contributed by atoms with van der Waals surface area (Å²) in [7, 11) is 1.52. The number of nitrogens with one attached hydrogen (secondary N) is 1. The smallest absolute Gasteiger partial charge is 0.275 e. The van der Waals surface area contributed by atoms with Gasteiger partial charge in [0.1, 0.15) is 12.4 Å². The molecule has 3 aromatic rings. The van der Waals surface area contributed by atoms with Gasteiger partial charge < -0.3 is 14.6 Å². The van der Waals surface area contributed by atoms with E-state index in [1.54, 1.807) is 30.3 Å². The molecule has 0 unspecified atom stereocenters. The Hall–Kier alpha value is -2.26. The zero-order valence-electron chi connectivity index (χ0n) is 16.5. The molecule has 32 heavy (non-hydrogen) atoms. The zero-order chi connectivity index (χ0) is 23.3. The van der Waals surface area contributed by atoms with Crippen LogP contribution in [0, 0.1) is 0 Å². The molecule has 3 rings (SSSR count).